The maximum absolute atomic E-state index is 12.9. The van der Waals surface area contributed by atoms with Gasteiger partial charge >= 0.3 is 5.97 Å². The quantitative estimate of drug-likeness (QED) is 0.328. The van der Waals surface area contributed by atoms with Gasteiger partial charge in [-0.05, 0) is 49.4 Å². The molecule has 0 spiro atoms. The van der Waals surface area contributed by atoms with Crippen molar-refractivity contribution < 1.29 is 27.7 Å². The van der Waals surface area contributed by atoms with Crippen LogP contribution in [0.1, 0.15) is 37.6 Å². The first-order chi connectivity index (χ1) is 16.4. The van der Waals surface area contributed by atoms with E-state index < -0.39 is 37.6 Å². The highest BCUT2D eigenvalue weighted by Gasteiger charge is 2.31. The van der Waals surface area contributed by atoms with Crippen molar-refractivity contribution in [1.29, 1.82) is 0 Å². The second-order valence-corrected chi connectivity index (χ2v) is 10.8. The Balaban J connectivity index is 1.78. The fourth-order valence-corrected chi connectivity index (χ4v) is 5.41. The van der Waals surface area contributed by atoms with E-state index in [1.165, 1.54) is 31.2 Å². The Kier molecular flexibility index (Phi) is 8.01. The van der Waals surface area contributed by atoms with Gasteiger partial charge in [0.2, 0.25) is 0 Å². The Hall–Kier alpha value is -3.18. The van der Waals surface area contributed by atoms with Crippen molar-refractivity contribution in [2.24, 2.45) is 11.8 Å². The Bertz CT molecular complexity index is 1240. The monoisotopic (exact) mass is 523 g/mol. The third kappa shape index (κ3) is 6.29. The van der Waals surface area contributed by atoms with E-state index in [0.29, 0.717) is 24.9 Å². The number of piperidine rings is 1. The van der Waals surface area contributed by atoms with Gasteiger partial charge in [0.25, 0.3) is 21.6 Å². The fourth-order valence-electron chi connectivity index (χ4n) is 4.13. The third-order valence-electron chi connectivity index (χ3n) is 5.63. The molecule has 1 aliphatic rings. The lowest BCUT2D eigenvalue weighted by Gasteiger charge is -2.36. The summed E-state index contributed by atoms with van der Waals surface area (Å²) in [4.78, 5) is 37.3. The standard InChI is InChI=1S/C23H26ClN3O7S/c1-14-10-15(2)13-26(12-14)22(28)16(3)34-23(29)18-6-4-5-7-20(18)25-35(32,33)17-8-9-19(24)21(11-17)27(30)31/h4-9,11,14-16,25H,10,12-13H2,1-3H3/t14-,15-,16+/m0/s1. The van der Waals surface area contributed by atoms with Gasteiger partial charge in [-0.25, -0.2) is 13.2 Å². The van der Waals surface area contributed by atoms with Crippen LogP contribution in [0.2, 0.25) is 5.02 Å². The fraction of sp³-hybridized carbons (Fsp3) is 0.391. The number of sulfonamides is 1. The molecule has 35 heavy (non-hydrogen) atoms. The second-order valence-electron chi connectivity index (χ2n) is 8.76. The number of benzene rings is 2. The Labute approximate surface area is 208 Å². The number of carbonyl (C=O) groups excluding carboxylic acids is 2. The summed E-state index contributed by atoms with van der Waals surface area (Å²) in [6.07, 6.45) is -0.0500. The molecule has 1 aliphatic heterocycles. The first kappa shape index (κ1) is 26.4. The van der Waals surface area contributed by atoms with Gasteiger partial charge < -0.3 is 9.64 Å². The number of carbonyl (C=O) groups is 2. The number of esters is 1. The largest absolute Gasteiger partial charge is 0.449 e. The second kappa shape index (κ2) is 10.6. The van der Waals surface area contributed by atoms with Crippen LogP contribution in [-0.2, 0) is 19.6 Å². The van der Waals surface area contributed by atoms with Crippen LogP contribution >= 0.6 is 11.6 Å². The van der Waals surface area contributed by atoms with Crippen molar-refractivity contribution >= 4 is 44.9 Å². The highest BCUT2D eigenvalue weighted by atomic mass is 35.5. The summed E-state index contributed by atoms with van der Waals surface area (Å²) >= 11 is 5.77. The molecule has 3 rings (SSSR count). The molecule has 2 aromatic carbocycles. The number of nitrogens with zero attached hydrogens (tertiary/aromatic N) is 2. The number of hydrogen-bond donors (Lipinski definition) is 1. The summed E-state index contributed by atoms with van der Waals surface area (Å²) in [5.41, 5.74) is -0.787. The van der Waals surface area contributed by atoms with E-state index in [-0.39, 0.29) is 22.2 Å². The van der Waals surface area contributed by atoms with Crippen LogP contribution in [0.15, 0.2) is 47.4 Å². The van der Waals surface area contributed by atoms with E-state index in [1.807, 2.05) is 0 Å². The van der Waals surface area contributed by atoms with Crippen LogP contribution in [-0.4, -0.2) is 49.3 Å². The molecule has 0 aromatic heterocycles. The number of amides is 1. The molecule has 0 saturated carbocycles. The Morgan fingerprint density at radius 3 is 2.43 bits per heavy atom. The van der Waals surface area contributed by atoms with Gasteiger partial charge in [0.1, 0.15) is 5.02 Å². The number of para-hydroxylation sites is 1. The predicted molar refractivity (Wildman–Crippen MR) is 130 cm³/mol. The number of hydrogen-bond acceptors (Lipinski definition) is 7. The minimum absolute atomic E-state index is 0.102. The maximum atomic E-state index is 12.9. The van der Waals surface area contributed by atoms with Gasteiger partial charge in [-0.2, -0.15) is 0 Å². The molecule has 1 heterocycles. The molecule has 0 unspecified atom stereocenters. The molecule has 2 aromatic rings. The van der Waals surface area contributed by atoms with Crippen molar-refractivity contribution in [1.82, 2.24) is 4.90 Å². The molecular weight excluding hydrogens is 498 g/mol. The third-order valence-corrected chi connectivity index (χ3v) is 7.31. The number of nitrogens with one attached hydrogen (secondary N) is 1. The van der Waals surface area contributed by atoms with Gasteiger partial charge in [-0.3, -0.25) is 19.6 Å². The van der Waals surface area contributed by atoms with Crippen molar-refractivity contribution in [2.45, 2.75) is 38.2 Å². The van der Waals surface area contributed by atoms with Gasteiger partial charge in [0.05, 0.1) is 21.1 Å². The summed E-state index contributed by atoms with van der Waals surface area (Å²) in [5.74, 6) is -0.526. The Morgan fingerprint density at radius 2 is 1.80 bits per heavy atom. The molecule has 3 atom stereocenters. The topological polar surface area (TPSA) is 136 Å². The lowest BCUT2D eigenvalue weighted by Crippen LogP contribution is -2.47. The summed E-state index contributed by atoms with van der Waals surface area (Å²) < 4.78 is 33.4. The van der Waals surface area contributed by atoms with Crippen LogP contribution in [0.25, 0.3) is 0 Å². The first-order valence-corrected chi connectivity index (χ1v) is 12.8. The molecule has 1 fully saturated rings. The van der Waals surface area contributed by atoms with E-state index in [9.17, 15) is 28.1 Å². The first-order valence-electron chi connectivity index (χ1n) is 10.9. The smallest absolute Gasteiger partial charge is 0.341 e. The predicted octanol–water partition coefficient (Wildman–Crippen LogP) is 4.10. The average molecular weight is 524 g/mol. The van der Waals surface area contributed by atoms with Crippen molar-refractivity contribution in [2.75, 3.05) is 17.8 Å². The van der Waals surface area contributed by atoms with E-state index in [1.54, 1.807) is 4.90 Å². The van der Waals surface area contributed by atoms with E-state index >= 15 is 0 Å². The zero-order valence-corrected chi connectivity index (χ0v) is 21.0. The van der Waals surface area contributed by atoms with E-state index in [4.69, 9.17) is 16.3 Å². The van der Waals surface area contributed by atoms with E-state index in [2.05, 4.69) is 18.6 Å². The molecule has 1 saturated heterocycles. The molecule has 1 N–H and O–H groups in total. The highest BCUT2D eigenvalue weighted by molar-refractivity contribution is 7.92. The van der Waals surface area contributed by atoms with Crippen LogP contribution in [0, 0.1) is 22.0 Å². The molecular formula is C23H26ClN3O7S. The molecule has 0 bridgehead atoms. The average Bonchev–Trinajstić information content (AvgIpc) is 2.77. The zero-order valence-electron chi connectivity index (χ0n) is 19.4. The minimum atomic E-state index is -4.31. The van der Waals surface area contributed by atoms with Crippen molar-refractivity contribution in [3.8, 4) is 0 Å². The van der Waals surface area contributed by atoms with Gasteiger partial charge in [-0.15, -0.1) is 0 Å². The lowest BCUT2D eigenvalue weighted by atomic mass is 9.91. The van der Waals surface area contributed by atoms with Gasteiger partial charge in [0, 0.05) is 19.2 Å². The van der Waals surface area contributed by atoms with Crippen LogP contribution < -0.4 is 4.72 Å². The number of ether oxygens (including phenoxy) is 1. The molecule has 0 radical (unpaired) electrons. The van der Waals surface area contributed by atoms with Gasteiger partial charge in [0.15, 0.2) is 6.10 Å². The lowest BCUT2D eigenvalue weighted by molar-refractivity contribution is -0.384. The molecule has 12 heteroatoms. The molecule has 0 aliphatic carbocycles. The number of rotatable bonds is 7. The zero-order chi connectivity index (χ0) is 25.9. The van der Waals surface area contributed by atoms with Crippen molar-refractivity contribution in [3.05, 3.63) is 63.2 Å². The number of halogens is 1. The molecule has 1 amide bonds. The van der Waals surface area contributed by atoms with Crippen LogP contribution in [0.5, 0.6) is 0 Å². The minimum Gasteiger partial charge on any atom is -0.449 e. The van der Waals surface area contributed by atoms with Crippen molar-refractivity contribution in [3.63, 3.8) is 0 Å². The summed E-state index contributed by atoms with van der Waals surface area (Å²) in [5, 5.41) is 10.9. The molecule has 10 nitrogen and oxygen atoms in total. The molecule has 188 valence electrons. The maximum Gasteiger partial charge on any atom is 0.341 e. The Morgan fingerprint density at radius 1 is 1.17 bits per heavy atom. The van der Waals surface area contributed by atoms with Crippen LogP contribution in [0.3, 0.4) is 0 Å². The van der Waals surface area contributed by atoms with E-state index in [0.717, 1.165) is 24.6 Å². The number of anilines is 1. The SMILES string of the molecule is C[C@H]1C[C@H](C)CN(C(=O)[C@@H](C)OC(=O)c2ccccc2NS(=O)(=O)c2ccc(Cl)c([N+](=O)[O-])c2)C1. The number of nitro groups is 1. The van der Waals surface area contributed by atoms with Gasteiger partial charge in [-0.1, -0.05) is 37.6 Å². The summed E-state index contributed by atoms with van der Waals surface area (Å²) in [7, 11) is -4.31. The summed E-state index contributed by atoms with van der Waals surface area (Å²) in [6, 6.07) is 8.76. The number of likely N-dealkylation sites (tertiary alicyclic amines) is 1. The highest BCUT2D eigenvalue weighted by Crippen LogP contribution is 2.29. The normalized spacial score (nSPS) is 19.0. The van der Waals surface area contributed by atoms with Crippen LogP contribution in [0.4, 0.5) is 11.4 Å². The number of nitro benzene ring substituents is 1. The summed E-state index contributed by atoms with van der Waals surface area (Å²) in [6.45, 7) is 6.75.